The molecule has 150 valence electrons. The first-order valence-electron chi connectivity index (χ1n) is 9.94. The van der Waals surface area contributed by atoms with E-state index >= 15 is 0 Å². The van der Waals surface area contributed by atoms with E-state index in [0.717, 1.165) is 63.8 Å². The SMILES string of the molecule is CC1CN(CCCN=C(N)N2CCN(c3ccc(Cl)cc3)CC2)CC(C)O1. The van der Waals surface area contributed by atoms with Crippen molar-refractivity contribution < 1.29 is 4.74 Å². The molecule has 0 spiro atoms. The molecular weight excluding hydrogens is 362 g/mol. The van der Waals surface area contributed by atoms with Gasteiger partial charge >= 0.3 is 0 Å². The second kappa shape index (κ2) is 9.62. The van der Waals surface area contributed by atoms with Crippen LogP contribution < -0.4 is 10.6 Å². The average molecular weight is 394 g/mol. The molecule has 2 heterocycles. The van der Waals surface area contributed by atoms with Crippen molar-refractivity contribution >= 4 is 23.2 Å². The summed E-state index contributed by atoms with van der Waals surface area (Å²) in [6, 6.07) is 8.02. The monoisotopic (exact) mass is 393 g/mol. The molecule has 6 nitrogen and oxygen atoms in total. The van der Waals surface area contributed by atoms with Gasteiger partial charge < -0.3 is 20.3 Å². The molecule has 3 rings (SSSR count). The van der Waals surface area contributed by atoms with Crippen molar-refractivity contribution in [2.75, 3.05) is 57.3 Å². The van der Waals surface area contributed by atoms with Crippen LogP contribution >= 0.6 is 11.6 Å². The van der Waals surface area contributed by atoms with E-state index in [4.69, 9.17) is 22.1 Å². The lowest BCUT2D eigenvalue weighted by Gasteiger charge is -2.36. The van der Waals surface area contributed by atoms with Crippen molar-refractivity contribution in [2.24, 2.45) is 10.7 Å². The summed E-state index contributed by atoms with van der Waals surface area (Å²) >= 11 is 5.97. The third kappa shape index (κ3) is 5.99. The number of halogens is 1. The Bertz CT molecular complexity index is 605. The third-order valence-electron chi connectivity index (χ3n) is 5.20. The molecule has 2 N–H and O–H groups in total. The zero-order chi connectivity index (χ0) is 19.2. The summed E-state index contributed by atoms with van der Waals surface area (Å²) in [6.45, 7) is 11.8. The minimum atomic E-state index is 0.319. The normalized spacial score (nSPS) is 25.1. The molecule has 27 heavy (non-hydrogen) atoms. The largest absolute Gasteiger partial charge is 0.373 e. The number of ether oxygens (including phenoxy) is 1. The highest BCUT2D eigenvalue weighted by Gasteiger charge is 2.21. The maximum atomic E-state index is 6.22. The molecule has 2 unspecified atom stereocenters. The minimum Gasteiger partial charge on any atom is -0.373 e. The Kier molecular flexibility index (Phi) is 7.21. The Morgan fingerprint density at radius 2 is 1.74 bits per heavy atom. The van der Waals surface area contributed by atoms with Crippen LogP contribution in [0.1, 0.15) is 20.3 Å². The lowest BCUT2D eigenvalue weighted by Crippen LogP contribution is -2.51. The highest BCUT2D eigenvalue weighted by atomic mass is 35.5. The summed E-state index contributed by atoms with van der Waals surface area (Å²) in [4.78, 5) is 11.6. The van der Waals surface area contributed by atoms with Gasteiger partial charge in [-0.15, -0.1) is 0 Å². The summed E-state index contributed by atoms with van der Waals surface area (Å²) in [7, 11) is 0. The topological polar surface area (TPSA) is 57.3 Å². The molecule has 1 aromatic carbocycles. The van der Waals surface area contributed by atoms with Crippen LogP contribution in [0.4, 0.5) is 5.69 Å². The van der Waals surface area contributed by atoms with Crippen molar-refractivity contribution in [3.63, 3.8) is 0 Å². The first-order chi connectivity index (χ1) is 13.0. The van der Waals surface area contributed by atoms with Gasteiger partial charge in [-0.3, -0.25) is 9.89 Å². The van der Waals surface area contributed by atoms with E-state index in [1.165, 1.54) is 5.69 Å². The van der Waals surface area contributed by atoms with Crippen molar-refractivity contribution in [3.05, 3.63) is 29.3 Å². The Hall–Kier alpha value is -1.50. The summed E-state index contributed by atoms with van der Waals surface area (Å²) in [6.07, 6.45) is 1.67. The Morgan fingerprint density at radius 1 is 1.11 bits per heavy atom. The molecule has 2 aliphatic rings. The molecule has 2 aliphatic heterocycles. The molecular formula is C20H32ClN5O. The summed E-state index contributed by atoms with van der Waals surface area (Å²) < 4.78 is 5.78. The first-order valence-corrected chi connectivity index (χ1v) is 10.3. The molecule has 0 saturated carbocycles. The summed E-state index contributed by atoms with van der Waals surface area (Å²) in [5, 5.41) is 0.773. The van der Waals surface area contributed by atoms with Gasteiger partial charge in [-0.2, -0.15) is 0 Å². The van der Waals surface area contributed by atoms with Crippen molar-refractivity contribution in [1.82, 2.24) is 9.80 Å². The molecule has 0 radical (unpaired) electrons. The van der Waals surface area contributed by atoms with Crippen LogP contribution in [0, 0.1) is 0 Å². The third-order valence-corrected chi connectivity index (χ3v) is 5.45. The predicted octanol–water partition coefficient (Wildman–Crippen LogP) is 2.28. The van der Waals surface area contributed by atoms with E-state index in [1.807, 2.05) is 12.1 Å². The zero-order valence-corrected chi connectivity index (χ0v) is 17.2. The number of piperazine rings is 1. The maximum absolute atomic E-state index is 6.22. The van der Waals surface area contributed by atoms with Crippen LogP contribution in [0.15, 0.2) is 29.3 Å². The second-order valence-electron chi connectivity index (χ2n) is 7.56. The molecule has 2 fully saturated rings. The standard InChI is InChI=1S/C20H32ClN5O/c1-16-14-24(15-17(2)27-16)9-3-8-23-20(22)26-12-10-25(11-13-26)19-6-4-18(21)5-7-19/h4-7,16-17H,3,8-15H2,1-2H3,(H2,22,23). The highest BCUT2D eigenvalue weighted by Crippen LogP contribution is 2.19. The number of morpholine rings is 1. The molecule has 1 aromatic rings. The van der Waals surface area contributed by atoms with Gasteiger partial charge in [0.25, 0.3) is 0 Å². The Labute approximate surface area is 167 Å². The molecule has 0 bridgehead atoms. The highest BCUT2D eigenvalue weighted by molar-refractivity contribution is 6.30. The van der Waals surface area contributed by atoms with E-state index in [0.29, 0.717) is 18.2 Å². The Balaban J connectivity index is 1.38. The fourth-order valence-corrected chi connectivity index (χ4v) is 4.03. The number of nitrogens with two attached hydrogens (primary N) is 1. The van der Waals surface area contributed by atoms with E-state index in [9.17, 15) is 0 Å². The van der Waals surface area contributed by atoms with Gasteiger partial charge in [-0.1, -0.05) is 11.6 Å². The Morgan fingerprint density at radius 3 is 2.37 bits per heavy atom. The number of guanidine groups is 1. The molecule has 2 atom stereocenters. The number of rotatable bonds is 5. The minimum absolute atomic E-state index is 0.319. The van der Waals surface area contributed by atoms with Crippen molar-refractivity contribution in [2.45, 2.75) is 32.5 Å². The molecule has 2 saturated heterocycles. The number of benzene rings is 1. The van der Waals surface area contributed by atoms with Gasteiger partial charge in [-0.05, 0) is 44.5 Å². The van der Waals surface area contributed by atoms with Gasteiger partial charge in [0, 0.05) is 63.1 Å². The molecule has 0 aromatic heterocycles. The fourth-order valence-electron chi connectivity index (χ4n) is 3.90. The van der Waals surface area contributed by atoms with Gasteiger partial charge in [0.1, 0.15) is 0 Å². The van der Waals surface area contributed by atoms with Gasteiger partial charge in [0.15, 0.2) is 5.96 Å². The summed E-state index contributed by atoms with van der Waals surface area (Å²) in [5.41, 5.74) is 7.43. The van der Waals surface area contributed by atoms with E-state index in [-0.39, 0.29) is 0 Å². The van der Waals surface area contributed by atoms with Gasteiger partial charge in [-0.25, -0.2) is 0 Å². The van der Waals surface area contributed by atoms with Crippen LogP contribution in [0.25, 0.3) is 0 Å². The first kappa shape index (κ1) is 20.2. The zero-order valence-electron chi connectivity index (χ0n) is 16.5. The van der Waals surface area contributed by atoms with Crippen molar-refractivity contribution in [3.8, 4) is 0 Å². The van der Waals surface area contributed by atoms with Gasteiger partial charge in [0.05, 0.1) is 12.2 Å². The maximum Gasteiger partial charge on any atom is 0.191 e. The fraction of sp³-hybridized carbons (Fsp3) is 0.650. The number of anilines is 1. The number of hydrogen-bond donors (Lipinski definition) is 1. The number of nitrogens with zero attached hydrogens (tertiary/aromatic N) is 4. The van der Waals surface area contributed by atoms with Crippen LogP contribution in [0.3, 0.4) is 0 Å². The van der Waals surface area contributed by atoms with Crippen molar-refractivity contribution in [1.29, 1.82) is 0 Å². The second-order valence-corrected chi connectivity index (χ2v) is 8.00. The van der Waals surface area contributed by atoms with Crippen LogP contribution in [-0.4, -0.2) is 80.3 Å². The smallest absolute Gasteiger partial charge is 0.191 e. The van der Waals surface area contributed by atoms with Crippen LogP contribution in [0.5, 0.6) is 0 Å². The van der Waals surface area contributed by atoms with E-state index < -0.39 is 0 Å². The number of hydrogen-bond acceptors (Lipinski definition) is 4. The molecule has 0 aliphatic carbocycles. The molecule has 0 amide bonds. The summed E-state index contributed by atoms with van der Waals surface area (Å²) in [5.74, 6) is 0.675. The van der Waals surface area contributed by atoms with Crippen LogP contribution in [-0.2, 0) is 4.74 Å². The lowest BCUT2D eigenvalue weighted by molar-refractivity contribution is -0.0679. The average Bonchev–Trinajstić information content (AvgIpc) is 2.65. The van der Waals surface area contributed by atoms with E-state index in [1.54, 1.807) is 0 Å². The van der Waals surface area contributed by atoms with E-state index in [2.05, 4.69) is 45.7 Å². The lowest BCUT2D eigenvalue weighted by atomic mass is 10.2. The van der Waals surface area contributed by atoms with Crippen LogP contribution in [0.2, 0.25) is 5.02 Å². The molecule has 7 heteroatoms. The predicted molar refractivity (Wildman–Crippen MR) is 113 cm³/mol. The number of aliphatic imine (C=N–C) groups is 1. The quantitative estimate of drug-likeness (QED) is 0.472. The van der Waals surface area contributed by atoms with Gasteiger partial charge in [0.2, 0.25) is 0 Å².